The highest BCUT2D eigenvalue weighted by Crippen LogP contribution is 2.23. The summed E-state index contributed by atoms with van der Waals surface area (Å²) in [5.74, 6) is 0.860. The van der Waals surface area contributed by atoms with Gasteiger partial charge in [0.25, 0.3) is 0 Å². The Morgan fingerprint density at radius 2 is 2.00 bits per heavy atom. The maximum absolute atomic E-state index is 13.0. The second kappa shape index (κ2) is 9.72. The number of nitrogens with zero attached hydrogens (tertiary/aromatic N) is 4. The summed E-state index contributed by atoms with van der Waals surface area (Å²) in [6.07, 6.45) is 4.08. The molecular weight excluding hydrogens is 340 g/mol. The first-order chi connectivity index (χ1) is 13.2. The fourth-order valence-electron chi connectivity index (χ4n) is 4.09. The van der Waals surface area contributed by atoms with Gasteiger partial charge in [0.15, 0.2) is 0 Å². The Hall–Kier alpha value is -2.10. The number of benzene rings is 1. The maximum atomic E-state index is 13.0. The summed E-state index contributed by atoms with van der Waals surface area (Å²) in [5, 5.41) is 8.97. The van der Waals surface area contributed by atoms with E-state index in [1.165, 1.54) is 25.9 Å². The molecule has 0 aliphatic carbocycles. The van der Waals surface area contributed by atoms with Gasteiger partial charge in [-0.3, -0.25) is 14.6 Å². The van der Waals surface area contributed by atoms with Crippen LogP contribution in [-0.2, 0) is 4.79 Å². The lowest BCUT2D eigenvalue weighted by molar-refractivity contribution is -0.119. The largest absolute Gasteiger partial charge is 0.494 e. The van der Waals surface area contributed by atoms with Gasteiger partial charge in [-0.25, -0.2) is 0 Å². The van der Waals surface area contributed by atoms with Gasteiger partial charge in [0.1, 0.15) is 5.75 Å². The van der Waals surface area contributed by atoms with Gasteiger partial charge in [-0.05, 0) is 63.5 Å². The summed E-state index contributed by atoms with van der Waals surface area (Å²) in [5.41, 5.74) is 0.828. The lowest BCUT2D eigenvalue weighted by Crippen LogP contribution is -2.42. The van der Waals surface area contributed by atoms with Crippen molar-refractivity contribution in [3.05, 3.63) is 24.3 Å². The van der Waals surface area contributed by atoms with E-state index in [1.54, 1.807) is 4.90 Å². The van der Waals surface area contributed by atoms with Crippen LogP contribution in [0.1, 0.15) is 32.6 Å². The zero-order valence-electron chi connectivity index (χ0n) is 16.3. The van der Waals surface area contributed by atoms with Gasteiger partial charge in [-0.2, -0.15) is 5.26 Å². The normalized spacial score (nSPS) is 20.5. The monoisotopic (exact) mass is 370 g/mol. The molecule has 6 nitrogen and oxygen atoms in total. The predicted molar refractivity (Wildman–Crippen MR) is 106 cm³/mol. The molecular formula is C21H30N4O2. The van der Waals surface area contributed by atoms with E-state index >= 15 is 0 Å². The molecule has 0 bridgehead atoms. The minimum atomic E-state index is 0.0662. The van der Waals surface area contributed by atoms with Crippen LogP contribution in [0.5, 0.6) is 5.75 Å². The molecule has 2 aliphatic heterocycles. The van der Waals surface area contributed by atoms with Crippen molar-refractivity contribution < 1.29 is 9.53 Å². The van der Waals surface area contributed by atoms with Crippen molar-refractivity contribution in [1.29, 1.82) is 5.26 Å². The third-order valence-electron chi connectivity index (χ3n) is 5.47. The fraction of sp³-hybridized carbons (Fsp3) is 0.619. The van der Waals surface area contributed by atoms with Crippen LogP contribution in [0.3, 0.4) is 0 Å². The molecule has 2 saturated heterocycles. The fourth-order valence-corrected chi connectivity index (χ4v) is 4.09. The Morgan fingerprint density at radius 1 is 1.26 bits per heavy atom. The molecule has 27 heavy (non-hydrogen) atoms. The molecule has 0 aromatic heterocycles. The van der Waals surface area contributed by atoms with Crippen molar-refractivity contribution in [2.45, 2.75) is 38.6 Å². The van der Waals surface area contributed by atoms with Crippen LogP contribution in [0.4, 0.5) is 5.69 Å². The molecule has 0 N–H and O–H groups in total. The number of hydrogen-bond donors (Lipinski definition) is 0. The van der Waals surface area contributed by atoms with Gasteiger partial charge in [0, 0.05) is 31.4 Å². The summed E-state index contributed by atoms with van der Waals surface area (Å²) in [7, 11) is 0. The van der Waals surface area contributed by atoms with E-state index in [4.69, 9.17) is 10.00 Å². The smallest absolute Gasteiger partial charge is 0.241 e. The van der Waals surface area contributed by atoms with Gasteiger partial charge in [-0.1, -0.05) is 0 Å². The molecule has 2 fully saturated rings. The number of rotatable bonds is 8. The van der Waals surface area contributed by atoms with Gasteiger partial charge in [-0.15, -0.1) is 0 Å². The van der Waals surface area contributed by atoms with Crippen molar-refractivity contribution in [1.82, 2.24) is 9.80 Å². The molecule has 1 unspecified atom stereocenters. The van der Waals surface area contributed by atoms with E-state index < -0.39 is 0 Å². The molecule has 1 aromatic carbocycles. The second-order valence-electron chi connectivity index (χ2n) is 7.30. The Kier molecular flexibility index (Phi) is 7.08. The van der Waals surface area contributed by atoms with Gasteiger partial charge in [0.2, 0.25) is 5.91 Å². The number of ether oxygens (including phenoxy) is 1. The number of carbonyl (C=O) groups is 1. The van der Waals surface area contributed by atoms with Crippen LogP contribution in [0, 0.1) is 11.3 Å². The summed E-state index contributed by atoms with van der Waals surface area (Å²) in [6.45, 7) is 7.75. The second-order valence-corrected chi connectivity index (χ2v) is 7.30. The van der Waals surface area contributed by atoms with E-state index in [1.807, 2.05) is 31.2 Å². The van der Waals surface area contributed by atoms with E-state index in [0.29, 0.717) is 32.2 Å². The minimum Gasteiger partial charge on any atom is -0.494 e. The summed E-state index contributed by atoms with van der Waals surface area (Å²) < 4.78 is 5.48. The number of hydrogen-bond acceptors (Lipinski definition) is 5. The molecule has 3 rings (SSSR count). The minimum absolute atomic E-state index is 0.0662. The summed E-state index contributed by atoms with van der Waals surface area (Å²) >= 11 is 0. The van der Waals surface area contributed by atoms with Crippen LogP contribution >= 0.6 is 0 Å². The van der Waals surface area contributed by atoms with E-state index in [-0.39, 0.29) is 5.91 Å². The molecule has 1 amide bonds. The topological polar surface area (TPSA) is 59.8 Å². The quantitative estimate of drug-likeness (QED) is 0.704. The summed E-state index contributed by atoms with van der Waals surface area (Å²) in [6, 6.07) is 10.3. The number of anilines is 1. The number of likely N-dealkylation sites (tertiary alicyclic amines) is 2. The molecule has 2 aliphatic rings. The van der Waals surface area contributed by atoms with Crippen molar-refractivity contribution in [3.63, 3.8) is 0 Å². The number of carbonyl (C=O) groups excluding carboxylic acids is 1. The molecule has 1 aromatic rings. The van der Waals surface area contributed by atoms with E-state index in [2.05, 4.69) is 15.9 Å². The van der Waals surface area contributed by atoms with Crippen LogP contribution in [0.25, 0.3) is 0 Å². The number of nitriles is 1. The highest BCUT2D eigenvalue weighted by molar-refractivity contribution is 5.94. The lowest BCUT2D eigenvalue weighted by Gasteiger charge is -2.26. The third kappa shape index (κ3) is 5.21. The zero-order valence-corrected chi connectivity index (χ0v) is 16.3. The van der Waals surface area contributed by atoms with Crippen molar-refractivity contribution >= 4 is 11.6 Å². The molecule has 6 heteroatoms. The Labute approximate surface area is 162 Å². The van der Waals surface area contributed by atoms with Crippen LogP contribution in [0.2, 0.25) is 0 Å². The highest BCUT2D eigenvalue weighted by Gasteiger charge is 2.31. The van der Waals surface area contributed by atoms with Crippen LogP contribution in [-0.4, -0.2) is 67.6 Å². The van der Waals surface area contributed by atoms with E-state index in [0.717, 1.165) is 30.9 Å². The molecule has 0 radical (unpaired) electrons. The summed E-state index contributed by atoms with van der Waals surface area (Å²) in [4.78, 5) is 19.5. The van der Waals surface area contributed by atoms with Gasteiger partial charge >= 0.3 is 0 Å². The maximum Gasteiger partial charge on any atom is 0.241 e. The molecule has 0 saturated carbocycles. The van der Waals surface area contributed by atoms with Gasteiger partial charge < -0.3 is 9.64 Å². The van der Waals surface area contributed by atoms with Crippen molar-refractivity contribution in [2.75, 3.05) is 50.8 Å². The standard InChI is InChI=1S/C21H30N4O2/c1-2-27-20-8-6-18(7-9-20)25(14-5-11-22)21(26)17-23-15-10-19(16-23)24-12-3-4-13-24/h6-9,19H,2-5,10,12-17H2,1H3. The zero-order chi connectivity index (χ0) is 19.1. The van der Waals surface area contributed by atoms with E-state index in [9.17, 15) is 4.79 Å². The Morgan fingerprint density at radius 3 is 2.67 bits per heavy atom. The Bertz CT molecular complexity index is 649. The molecule has 1 atom stereocenters. The van der Waals surface area contributed by atoms with Crippen molar-refractivity contribution in [2.24, 2.45) is 0 Å². The van der Waals surface area contributed by atoms with Crippen molar-refractivity contribution in [3.8, 4) is 11.8 Å². The number of amides is 1. The average Bonchev–Trinajstić information content (AvgIpc) is 3.35. The molecule has 146 valence electrons. The first kappa shape index (κ1) is 19.7. The van der Waals surface area contributed by atoms with Crippen LogP contribution < -0.4 is 9.64 Å². The first-order valence-corrected chi connectivity index (χ1v) is 10.1. The Balaban J connectivity index is 1.60. The SMILES string of the molecule is CCOc1ccc(N(CCC#N)C(=O)CN2CCC(N3CCCC3)C2)cc1. The van der Waals surface area contributed by atoms with Crippen LogP contribution in [0.15, 0.2) is 24.3 Å². The molecule has 2 heterocycles. The lowest BCUT2D eigenvalue weighted by atomic mass is 10.2. The predicted octanol–water partition coefficient (Wildman–Crippen LogP) is 2.50. The third-order valence-corrected chi connectivity index (χ3v) is 5.47. The molecule has 0 spiro atoms. The first-order valence-electron chi connectivity index (χ1n) is 10.1. The van der Waals surface area contributed by atoms with Gasteiger partial charge in [0.05, 0.1) is 25.6 Å². The highest BCUT2D eigenvalue weighted by atomic mass is 16.5. The average molecular weight is 370 g/mol.